The molecular weight excluding hydrogens is 483 g/mol. The number of hydrogen-bond acceptors (Lipinski definition) is 1. The Balaban J connectivity index is 1.42. The van der Waals surface area contributed by atoms with Crippen molar-refractivity contribution in [2.75, 3.05) is 0 Å². The van der Waals surface area contributed by atoms with E-state index in [2.05, 4.69) is 72.2 Å². The summed E-state index contributed by atoms with van der Waals surface area (Å²) in [5.41, 5.74) is 7.84. The SMILES string of the molecule is CCCCc1ccc(-c2ccc(Cc3nc(-c4ccc(Cl)cc4Cl)cn3-c3ccccc3)cc2)cc1. The third-order valence-corrected chi connectivity index (χ3v) is 6.99. The monoisotopic (exact) mass is 510 g/mol. The molecule has 0 fully saturated rings. The summed E-state index contributed by atoms with van der Waals surface area (Å²) < 4.78 is 2.14. The molecule has 4 heteroatoms. The van der Waals surface area contributed by atoms with E-state index in [1.807, 2.05) is 36.5 Å². The summed E-state index contributed by atoms with van der Waals surface area (Å²) in [5, 5.41) is 1.21. The number of hydrogen-bond donors (Lipinski definition) is 0. The molecule has 1 heterocycles. The van der Waals surface area contributed by atoms with Gasteiger partial charge in [0.1, 0.15) is 5.82 Å². The second-order valence-electron chi connectivity index (χ2n) is 9.05. The molecule has 180 valence electrons. The van der Waals surface area contributed by atoms with Crippen LogP contribution in [0.3, 0.4) is 0 Å². The lowest BCUT2D eigenvalue weighted by molar-refractivity contribution is 0.795. The number of rotatable bonds is 8. The summed E-state index contributed by atoms with van der Waals surface area (Å²) in [7, 11) is 0. The number of imidazole rings is 1. The van der Waals surface area contributed by atoms with E-state index in [4.69, 9.17) is 28.2 Å². The van der Waals surface area contributed by atoms with Crippen molar-refractivity contribution in [1.82, 2.24) is 9.55 Å². The molecule has 0 aliphatic heterocycles. The summed E-state index contributed by atoms with van der Waals surface area (Å²) in [6.07, 6.45) is 6.36. The highest BCUT2D eigenvalue weighted by Crippen LogP contribution is 2.31. The Morgan fingerprint density at radius 1 is 0.750 bits per heavy atom. The molecule has 0 amide bonds. The minimum atomic E-state index is 0.594. The first-order chi connectivity index (χ1) is 17.6. The minimum Gasteiger partial charge on any atom is -0.303 e. The topological polar surface area (TPSA) is 17.8 Å². The van der Waals surface area contributed by atoms with Gasteiger partial charge in [-0.1, -0.05) is 103 Å². The molecule has 4 aromatic carbocycles. The number of benzene rings is 4. The van der Waals surface area contributed by atoms with Gasteiger partial charge in [-0.15, -0.1) is 0 Å². The normalized spacial score (nSPS) is 11.1. The average Bonchev–Trinajstić information content (AvgIpc) is 3.32. The average molecular weight is 511 g/mol. The van der Waals surface area contributed by atoms with Gasteiger partial charge in [0.05, 0.1) is 10.7 Å². The number of aryl methyl sites for hydroxylation is 1. The lowest BCUT2D eigenvalue weighted by Gasteiger charge is -2.09. The van der Waals surface area contributed by atoms with Gasteiger partial charge in [0.15, 0.2) is 0 Å². The first kappa shape index (κ1) is 24.4. The molecule has 0 spiro atoms. The molecule has 0 aliphatic carbocycles. The van der Waals surface area contributed by atoms with E-state index in [0.717, 1.165) is 29.2 Å². The van der Waals surface area contributed by atoms with Gasteiger partial charge in [0.25, 0.3) is 0 Å². The van der Waals surface area contributed by atoms with Crippen LogP contribution in [0.25, 0.3) is 28.1 Å². The Morgan fingerprint density at radius 3 is 2.06 bits per heavy atom. The zero-order valence-corrected chi connectivity index (χ0v) is 21.8. The number of para-hydroxylation sites is 1. The zero-order chi connectivity index (χ0) is 24.9. The van der Waals surface area contributed by atoms with Crippen molar-refractivity contribution >= 4 is 23.2 Å². The fourth-order valence-electron chi connectivity index (χ4n) is 4.42. The summed E-state index contributed by atoms with van der Waals surface area (Å²) in [5.74, 6) is 0.954. The first-order valence-electron chi connectivity index (χ1n) is 12.4. The van der Waals surface area contributed by atoms with Crippen LogP contribution < -0.4 is 0 Å². The summed E-state index contributed by atoms with van der Waals surface area (Å²) >= 11 is 12.6. The van der Waals surface area contributed by atoms with Gasteiger partial charge in [0.2, 0.25) is 0 Å². The molecule has 0 aliphatic rings. The van der Waals surface area contributed by atoms with Crippen molar-refractivity contribution in [3.8, 4) is 28.1 Å². The quantitative estimate of drug-likeness (QED) is 0.203. The van der Waals surface area contributed by atoms with Gasteiger partial charge >= 0.3 is 0 Å². The maximum absolute atomic E-state index is 6.51. The summed E-state index contributed by atoms with van der Waals surface area (Å²) in [6.45, 7) is 2.23. The fourth-order valence-corrected chi connectivity index (χ4v) is 4.93. The van der Waals surface area contributed by atoms with Crippen molar-refractivity contribution < 1.29 is 0 Å². The van der Waals surface area contributed by atoms with Crippen LogP contribution in [0.1, 0.15) is 36.7 Å². The van der Waals surface area contributed by atoms with E-state index in [-0.39, 0.29) is 0 Å². The van der Waals surface area contributed by atoms with E-state index < -0.39 is 0 Å². The molecule has 0 radical (unpaired) electrons. The van der Waals surface area contributed by atoms with Crippen molar-refractivity contribution in [3.63, 3.8) is 0 Å². The standard InChI is InChI=1S/C32H28Cl2N2/c1-2-3-7-23-10-14-25(15-11-23)26-16-12-24(13-17-26)20-32-35-31(29-19-18-27(33)21-30(29)34)22-36(32)28-8-5-4-6-9-28/h4-6,8-19,21-22H,2-3,7,20H2,1H3. The molecule has 0 bridgehead atoms. The van der Waals surface area contributed by atoms with Gasteiger partial charge in [0, 0.05) is 28.9 Å². The number of nitrogens with zero attached hydrogens (tertiary/aromatic N) is 2. The second kappa shape index (κ2) is 11.2. The Morgan fingerprint density at radius 2 is 1.42 bits per heavy atom. The van der Waals surface area contributed by atoms with E-state index >= 15 is 0 Å². The zero-order valence-electron chi connectivity index (χ0n) is 20.3. The van der Waals surface area contributed by atoms with Crippen LogP contribution in [0.4, 0.5) is 0 Å². The molecule has 0 saturated heterocycles. The lowest BCUT2D eigenvalue weighted by Crippen LogP contribution is -2.01. The molecule has 36 heavy (non-hydrogen) atoms. The van der Waals surface area contributed by atoms with Crippen molar-refractivity contribution in [2.24, 2.45) is 0 Å². The largest absolute Gasteiger partial charge is 0.303 e. The third kappa shape index (κ3) is 5.56. The Kier molecular flexibility index (Phi) is 7.55. The highest BCUT2D eigenvalue weighted by molar-refractivity contribution is 6.36. The molecule has 0 atom stereocenters. The van der Waals surface area contributed by atoms with Crippen LogP contribution in [0.2, 0.25) is 10.0 Å². The lowest BCUT2D eigenvalue weighted by atomic mass is 10.00. The van der Waals surface area contributed by atoms with Crippen molar-refractivity contribution in [2.45, 2.75) is 32.6 Å². The van der Waals surface area contributed by atoms with Gasteiger partial charge in [-0.25, -0.2) is 4.98 Å². The number of aromatic nitrogens is 2. The van der Waals surface area contributed by atoms with Gasteiger partial charge in [-0.3, -0.25) is 0 Å². The maximum Gasteiger partial charge on any atom is 0.118 e. The van der Waals surface area contributed by atoms with Crippen LogP contribution in [0.15, 0.2) is 103 Å². The van der Waals surface area contributed by atoms with Crippen LogP contribution in [0, 0.1) is 0 Å². The first-order valence-corrected chi connectivity index (χ1v) is 13.1. The number of unbranched alkanes of at least 4 members (excludes halogenated alkanes) is 1. The van der Waals surface area contributed by atoms with E-state index in [1.54, 1.807) is 6.07 Å². The Hall–Kier alpha value is -3.33. The van der Waals surface area contributed by atoms with Crippen molar-refractivity contribution in [3.05, 3.63) is 130 Å². The molecular formula is C32H28Cl2N2. The number of halogens is 2. The highest BCUT2D eigenvalue weighted by Gasteiger charge is 2.14. The Bertz CT molecular complexity index is 1440. The third-order valence-electron chi connectivity index (χ3n) is 6.44. The van der Waals surface area contributed by atoms with Gasteiger partial charge in [-0.05, 0) is 65.4 Å². The molecule has 0 N–H and O–H groups in total. The van der Waals surface area contributed by atoms with Crippen LogP contribution in [-0.2, 0) is 12.8 Å². The van der Waals surface area contributed by atoms with Crippen LogP contribution in [-0.4, -0.2) is 9.55 Å². The van der Waals surface area contributed by atoms with Gasteiger partial charge < -0.3 is 4.57 Å². The highest BCUT2D eigenvalue weighted by atomic mass is 35.5. The predicted octanol–water partition coefficient (Wildman–Crippen LogP) is 9.45. The molecule has 2 nitrogen and oxygen atoms in total. The maximum atomic E-state index is 6.51. The molecule has 1 aromatic heterocycles. The Labute approximate surface area is 223 Å². The van der Waals surface area contributed by atoms with Crippen molar-refractivity contribution in [1.29, 1.82) is 0 Å². The summed E-state index contributed by atoms with van der Waals surface area (Å²) in [4.78, 5) is 4.99. The van der Waals surface area contributed by atoms with E-state index in [1.165, 1.54) is 35.1 Å². The van der Waals surface area contributed by atoms with E-state index in [9.17, 15) is 0 Å². The molecule has 0 unspecified atom stereocenters. The summed E-state index contributed by atoms with van der Waals surface area (Å²) in [6, 6.07) is 33.5. The second-order valence-corrected chi connectivity index (χ2v) is 9.89. The molecule has 5 aromatic rings. The smallest absolute Gasteiger partial charge is 0.118 e. The minimum absolute atomic E-state index is 0.594. The fraction of sp³-hybridized carbons (Fsp3) is 0.156. The van der Waals surface area contributed by atoms with E-state index in [0.29, 0.717) is 16.5 Å². The molecule has 5 rings (SSSR count). The van der Waals surface area contributed by atoms with Crippen LogP contribution >= 0.6 is 23.2 Å². The van der Waals surface area contributed by atoms with Gasteiger partial charge in [-0.2, -0.15) is 0 Å². The van der Waals surface area contributed by atoms with Crippen LogP contribution in [0.5, 0.6) is 0 Å². The molecule has 0 saturated carbocycles. The predicted molar refractivity (Wildman–Crippen MR) is 152 cm³/mol.